The van der Waals surface area contributed by atoms with Crippen LogP contribution in [0.4, 0.5) is 0 Å². The van der Waals surface area contributed by atoms with E-state index in [0.29, 0.717) is 0 Å². The Balaban J connectivity index is 2.06. The van der Waals surface area contributed by atoms with Crippen LogP contribution < -0.4 is 0 Å². The van der Waals surface area contributed by atoms with Crippen molar-refractivity contribution in [2.24, 2.45) is 0 Å². The summed E-state index contributed by atoms with van der Waals surface area (Å²) in [5, 5.41) is 10.8. The Kier molecular flexibility index (Phi) is 2.18. The molecule has 24 heavy (non-hydrogen) atoms. The Labute approximate surface area is 139 Å². The fourth-order valence-electron chi connectivity index (χ4n) is 4.31. The number of benzene rings is 5. The molecule has 1 aliphatic carbocycles. The highest BCUT2D eigenvalue weighted by Gasteiger charge is 2.16. The van der Waals surface area contributed by atoms with E-state index in [4.69, 9.17) is 0 Å². The molecule has 0 heteroatoms. The second-order valence-corrected chi connectivity index (χ2v) is 6.62. The van der Waals surface area contributed by atoms with E-state index in [9.17, 15) is 0 Å². The van der Waals surface area contributed by atoms with Crippen molar-refractivity contribution in [2.75, 3.05) is 0 Å². The molecular formula is C24H14. The highest BCUT2D eigenvalue weighted by atomic mass is 14.2. The fraction of sp³-hybridized carbons (Fsp3) is 0. The van der Waals surface area contributed by atoms with Gasteiger partial charge in [-0.2, -0.15) is 0 Å². The second-order valence-electron chi connectivity index (χ2n) is 6.62. The first kappa shape index (κ1) is 12.3. The highest BCUT2D eigenvalue weighted by Crippen LogP contribution is 2.43. The summed E-state index contributed by atoms with van der Waals surface area (Å²) in [4.78, 5) is 0. The van der Waals surface area contributed by atoms with Crippen molar-refractivity contribution in [1.82, 2.24) is 0 Å². The van der Waals surface area contributed by atoms with Gasteiger partial charge in [0.1, 0.15) is 0 Å². The maximum Gasteiger partial charge on any atom is -0.000851 e. The molecule has 0 aromatic heterocycles. The molecule has 0 N–H and O–H groups in total. The third-order valence-corrected chi connectivity index (χ3v) is 5.33. The first-order valence-electron chi connectivity index (χ1n) is 8.38. The van der Waals surface area contributed by atoms with E-state index in [2.05, 4.69) is 84.9 Å². The van der Waals surface area contributed by atoms with Crippen LogP contribution in [0.5, 0.6) is 0 Å². The quantitative estimate of drug-likeness (QED) is 0.271. The third-order valence-electron chi connectivity index (χ3n) is 5.33. The van der Waals surface area contributed by atoms with Gasteiger partial charge in [-0.15, -0.1) is 0 Å². The second kappa shape index (κ2) is 4.24. The Morgan fingerprint density at radius 3 is 1.79 bits per heavy atom. The van der Waals surface area contributed by atoms with Crippen molar-refractivity contribution in [2.45, 2.75) is 0 Å². The van der Waals surface area contributed by atoms with Crippen LogP contribution >= 0.6 is 0 Å². The van der Waals surface area contributed by atoms with Crippen molar-refractivity contribution in [3.05, 3.63) is 83.9 Å². The Morgan fingerprint density at radius 2 is 1.00 bits per heavy atom. The molecule has 5 aromatic carbocycles. The minimum Gasteiger partial charge on any atom is -0.0616 e. The van der Waals surface area contributed by atoms with E-state index in [0.717, 1.165) is 0 Å². The van der Waals surface area contributed by atoms with Gasteiger partial charge in [0, 0.05) is 0 Å². The normalized spacial score (nSPS) is 12.8. The maximum absolute atomic E-state index is 2.34. The van der Waals surface area contributed by atoms with Gasteiger partial charge in [0.2, 0.25) is 0 Å². The minimum atomic E-state index is 1.31. The molecule has 0 saturated heterocycles. The Bertz CT molecular complexity index is 1320. The topological polar surface area (TPSA) is 0 Å². The summed E-state index contributed by atoms with van der Waals surface area (Å²) >= 11 is 0. The predicted octanol–water partition coefficient (Wildman–Crippen LogP) is 6.78. The molecule has 0 saturated carbocycles. The molecule has 1 aliphatic rings. The van der Waals surface area contributed by atoms with E-state index < -0.39 is 0 Å². The SMILES string of the molecule is C1=Cc2cc3ccc4ccccc4c3c3c2c1cc1ccccc13. The average molecular weight is 302 g/mol. The fourth-order valence-corrected chi connectivity index (χ4v) is 4.31. The number of rotatable bonds is 0. The molecule has 5 aromatic rings. The van der Waals surface area contributed by atoms with Gasteiger partial charge in [-0.25, -0.2) is 0 Å². The van der Waals surface area contributed by atoms with Gasteiger partial charge in [0.25, 0.3) is 0 Å². The molecule has 6 rings (SSSR count). The maximum atomic E-state index is 2.34. The van der Waals surface area contributed by atoms with Crippen LogP contribution in [0.3, 0.4) is 0 Å². The van der Waals surface area contributed by atoms with Crippen LogP contribution in [-0.4, -0.2) is 0 Å². The zero-order chi connectivity index (χ0) is 15.7. The van der Waals surface area contributed by atoms with E-state index in [-0.39, 0.29) is 0 Å². The van der Waals surface area contributed by atoms with Crippen LogP contribution in [0.25, 0.3) is 55.2 Å². The summed E-state index contributed by atoms with van der Waals surface area (Å²) in [6.45, 7) is 0. The first-order chi connectivity index (χ1) is 11.9. The largest absolute Gasteiger partial charge is 0.0616 e. The molecule has 0 heterocycles. The first-order valence-corrected chi connectivity index (χ1v) is 8.38. The van der Waals surface area contributed by atoms with Crippen LogP contribution in [0, 0.1) is 0 Å². The monoisotopic (exact) mass is 302 g/mol. The number of fused-ring (bicyclic) bond motifs is 6. The summed E-state index contributed by atoms with van der Waals surface area (Å²) in [7, 11) is 0. The molecule has 0 radical (unpaired) electrons. The molecule has 0 atom stereocenters. The summed E-state index contributed by atoms with van der Waals surface area (Å²) < 4.78 is 0. The molecule has 0 unspecified atom stereocenters. The summed E-state index contributed by atoms with van der Waals surface area (Å²) in [6.07, 6.45) is 4.51. The molecule has 0 amide bonds. The third kappa shape index (κ3) is 1.43. The van der Waals surface area contributed by atoms with Gasteiger partial charge in [0.05, 0.1) is 0 Å². The smallest absolute Gasteiger partial charge is 0.000851 e. The van der Waals surface area contributed by atoms with Crippen molar-refractivity contribution in [1.29, 1.82) is 0 Å². The predicted molar refractivity (Wildman–Crippen MR) is 105 cm³/mol. The van der Waals surface area contributed by atoms with Crippen LogP contribution in [0.1, 0.15) is 11.1 Å². The number of hydrogen-bond acceptors (Lipinski definition) is 0. The molecule has 0 spiro atoms. The van der Waals surface area contributed by atoms with Crippen LogP contribution in [-0.2, 0) is 0 Å². The lowest BCUT2D eigenvalue weighted by atomic mass is 9.90. The van der Waals surface area contributed by atoms with E-state index in [1.807, 2.05) is 0 Å². The number of hydrogen-bond donors (Lipinski definition) is 0. The van der Waals surface area contributed by atoms with Crippen LogP contribution in [0.15, 0.2) is 72.8 Å². The molecular weight excluding hydrogens is 288 g/mol. The van der Waals surface area contributed by atoms with Gasteiger partial charge < -0.3 is 0 Å². The lowest BCUT2D eigenvalue weighted by Crippen LogP contribution is -1.87. The van der Waals surface area contributed by atoms with Gasteiger partial charge in [-0.3, -0.25) is 0 Å². The van der Waals surface area contributed by atoms with Gasteiger partial charge in [-0.05, 0) is 66.3 Å². The van der Waals surface area contributed by atoms with Crippen LogP contribution in [0.2, 0.25) is 0 Å². The van der Waals surface area contributed by atoms with Crippen molar-refractivity contribution in [3.8, 4) is 0 Å². The zero-order valence-corrected chi connectivity index (χ0v) is 13.1. The van der Waals surface area contributed by atoms with Gasteiger partial charge >= 0.3 is 0 Å². The summed E-state index contributed by atoms with van der Waals surface area (Å²) in [5.41, 5.74) is 2.68. The lowest BCUT2D eigenvalue weighted by molar-refractivity contribution is 1.76. The summed E-state index contributed by atoms with van der Waals surface area (Å²) in [6, 6.07) is 26.6. The molecule has 0 fully saturated rings. The molecule has 0 aliphatic heterocycles. The molecule has 0 nitrogen and oxygen atoms in total. The molecule has 0 bridgehead atoms. The van der Waals surface area contributed by atoms with Crippen molar-refractivity contribution < 1.29 is 0 Å². The lowest BCUT2D eigenvalue weighted by Gasteiger charge is -2.13. The minimum absolute atomic E-state index is 1.31. The van der Waals surface area contributed by atoms with Crippen molar-refractivity contribution in [3.63, 3.8) is 0 Å². The van der Waals surface area contributed by atoms with Crippen molar-refractivity contribution >= 4 is 55.2 Å². The standard InChI is InChI=1S/C24H14/c1-3-7-20-15(5-1)9-10-19-14-18-12-11-17-13-16-6-2-4-8-21(16)24(22(17)18)23(19)20/h1-14H. The Morgan fingerprint density at radius 1 is 0.417 bits per heavy atom. The Hall–Kier alpha value is -3.12. The molecule has 110 valence electrons. The van der Waals surface area contributed by atoms with Gasteiger partial charge in [-0.1, -0.05) is 72.8 Å². The summed E-state index contributed by atoms with van der Waals surface area (Å²) in [5.74, 6) is 0. The van der Waals surface area contributed by atoms with E-state index in [1.54, 1.807) is 0 Å². The zero-order valence-electron chi connectivity index (χ0n) is 13.1. The van der Waals surface area contributed by atoms with E-state index >= 15 is 0 Å². The average Bonchev–Trinajstić information content (AvgIpc) is 3.04. The highest BCUT2D eigenvalue weighted by molar-refractivity contribution is 6.31. The van der Waals surface area contributed by atoms with Gasteiger partial charge in [0.15, 0.2) is 0 Å². The van der Waals surface area contributed by atoms with E-state index in [1.165, 1.54) is 54.2 Å².